The van der Waals surface area contributed by atoms with Crippen molar-refractivity contribution in [1.29, 1.82) is 0 Å². The standard InChI is InChI=1S/3Li.Pb. The minimum absolute atomic E-state index is 0. The Bertz CT molecular complexity index is 3.25. The Labute approximate surface area is 75.6 Å². The predicted molar refractivity (Wildman–Crippen MR) is 23.0 cm³/mol. The van der Waals surface area contributed by atoms with Crippen molar-refractivity contribution in [2.45, 2.75) is 0 Å². The van der Waals surface area contributed by atoms with Crippen molar-refractivity contribution in [3.05, 3.63) is 0 Å². The van der Waals surface area contributed by atoms with Crippen LogP contribution in [0.4, 0.5) is 0 Å². The van der Waals surface area contributed by atoms with E-state index < -0.39 is 0 Å². The molecule has 0 nitrogen and oxygen atoms in total. The largest absolute Gasteiger partial charge is 0 e. The third-order valence-electron chi connectivity index (χ3n) is 0. The van der Waals surface area contributed by atoms with Crippen molar-refractivity contribution in [2.24, 2.45) is 0 Å². The summed E-state index contributed by atoms with van der Waals surface area (Å²) in [6.07, 6.45) is 0. The number of hydrogen-bond donors (Lipinski definition) is 0. The van der Waals surface area contributed by atoms with Crippen LogP contribution in [0.15, 0.2) is 0 Å². The van der Waals surface area contributed by atoms with Crippen molar-refractivity contribution in [1.82, 2.24) is 0 Å². The smallest absolute Gasteiger partial charge is 0 e. The fraction of sp³-hybridized carbons (Fsp3) is 0. The summed E-state index contributed by atoms with van der Waals surface area (Å²) < 4.78 is 0. The van der Waals surface area contributed by atoms with Crippen LogP contribution >= 0.6 is 0 Å². The molecule has 5 radical (unpaired) electrons. The van der Waals surface area contributed by atoms with Gasteiger partial charge in [0.05, 0.1) is 0 Å². The molecule has 0 aromatic heterocycles. The maximum Gasteiger partial charge on any atom is 0 e. The molecule has 0 aromatic carbocycles. The van der Waals surface area contributed by atoms with E-state index in [0.29, 0.717) is 0 Å². The van der Waals surface area contributed by atoms with Crippen molar-refractivity contribution in [3.8, 4) is 0 Å². The SMILES string of the molecule is [Li].[Li][Li].[Pb]. The average Bonchev–Trinajstić information content (AvgIpc) is 1.00. The number of hydrogen-bond acceptors (Lipinski definition) is 0. The van der Waals surface area contributed by atoms with Crippen molar-refractivity contribution in [2.75, 3.05) is 0 Å². The van der Waals surface area contributed by atoms with Gasteiger partial charge in [0.15, 0.2) is 0 Å². The normalized spacial score (nSPS) is 2.00. The Kier molecular flexibility index (Phi) is 68.5. The maximum atomic E-state index is 2.00. The van der Waals surface area contributed by atoms with Gasteiger partial charge in [-0.05, 0) is 0 Å². The minimum atomic E-state index is 0. The van der Waals surface area contributed by atoms with Crippen molar-refractivity contribution in [3.63, 3.8) is 0 Å². The Morgan fingerprint density at radius 1 is 1.00 bits per heavy atom. The summed E-state index contributed by atoms with van der Waals surface area (Å²) in [6, 6.07) is 0. The number of rotatable bonds is 0. The van der Waals surface area contributed by atoms with Gasteiger partial charge in [-0.2, -0.15) is 0 Å². The molecule has 0 rings (SSSR count). The summed E-state index contributed by atoms with van der Waals surface area (Å²) in [7, 11) is 0. The molecule has 4 heteroatoms. The van der Waals surface area contributed by atoms with Gasteiger partial charge in [-0.1, -0.05) is 0 Å². The van der Waals surface area contributed by atoms with Gasteiger partial charge in [0.2, 0.25) is 0 Å². The van der Waals surface area contributed by atoms with Crippen LogP contribution in [0.1, 0.15) is 0 Å². The van der Waals surface area contributed by atoms with Crippen LogP contribution in [-0.4, -0.2) is 76.9 Å². The van der Waals surface area contributed by atoms with Crippen LogP contribution in [0, 0.1) is 0 Å². The van der Waals surface area contributed by atoms with Gasteiger partial charge < -0.3 is 0 Å². The molecule has 0 aliphatic heterocycles. The molecule has 0 saturated carbocycles. The first kappa shape index (κ1) is 15.9. The molecule has 0 aliphatic carbocycles. The van der Waals surface area contributed by atoms with Crippen LogP contribution in [0.5, 0.6) is 0 Å². The molecular weight excluding hydrogens is 228 g/mol. The molecule has 0 amide bonds. The van der Waals surface area contributed by atoms with E-state index in [0.717, 1.165) is 0 Å². The summed E-state index contributed by atoms with van der Waals surface area (Å²) >= 11 is 4.00. The summed E-state index contributed by atoms with van der Waals surface area (Å²) in [5.41, 5.74) is 0. The molecule has 4 heavy (non-hydrogen) atoms. The predicted octanol–water partition coefficient (Wildman–Crippen LogP) is -1.52. The Morgan fingerprint density at radius 2 is 1.00 bits per heavy atom. The van der Waals surface area contributed by atoms with E-state index in [4.69, 9.17) is 0 Å². The zero-order valence-electron chi connectivity index (χ0n) is 3.50. The Morgan fingerprint density at radius 3 is 1.00 bits per heavy atom. The van der Waals surface area contributed by atoms with E-state index in [2.05, 4.69) is 0 Å². The zero-order valence-corrected chi connectivity index (χ0v) is 7.39. The molecule has 0 atom stereocenters. The minimum Gasteiger partial charge on any atom is 0 e. The second-order valence-electron chi connectivity index (χ2n) is 0. The Hall–Kier alpha value is 2.71. The van der Waals surface area contributed by atoms with Gasteiger partial charge in [-0.25, -0.2) is 0 Å². The third kappa shape index (κ3) is 8.83. The molecule has 7 valence electrons. The van der Waals surface area contributed by atoms with Crippen LogP contribution in [-0.2, 0) is 0 Å². The first-order chi connectivity index (χ1) is 1.00. The topological polar surface area (TPSA) is 0 Å². The van der Waals surface area contributed by atoms with Crippen LogP contribution in [0.25, 0.3) is 0 Å². The molecule has 0 N–H and O–H groups in total. The summed E-state index contributed by atoms with van der Waals surface area (Å²) in [5, 5.41) is 0. The third-order valence-corrected chi connectivity index (χ3v) is 0. The molecule has 0 saturated heterocycles. The first-order valence-electron chi connectivity index (χ1n) is 1.00. The second-order valence-corrected chi connectivity index (χ2v) is 0. The van der Waals surface area contributed by atoms with Crippen LogP contribution in [0.2, 0.25) is 0 Å². The second kappa shape index (κ2) is 17.2. The molecular formula is Li3Pb. The fourth-order valence-corrected chi connectivity index (χ4v) is 0. The van der Waals surface area contributed by atoms with Gasteiger partial charge in [-0.15, -0.1) is 0 Å². The van der Waals surface area contributed by atoms with Crippen LogP contribution in [0.3, 0.4) is 0 Å². The molecule has 0 spiro atoms. The van der Waals surface area contributed by atoms with Gasteiger partial charge in [0.25, 0.3) is 0 Å². The molecule has 0 fully saturated rings. The van der Waals surface area contributed by atoms with E-state index in [9.17, 15) is 0 Å². The molecule has 0 unspecified atom stereocenters. The Balaban J connectivity index is -0.00000000500. The quantitative estimate of drug-likeness (QED) is 0.441. The van der Waals surface area contributed by atoms with Gasteiger partial charge in [-0.3, -0.25) is 0 Å². The van der Waals surface area contributed by atoms with Gasteiger partial charge in [0, 0.05) is 46.2 Å². The van der Waals surface area contributed by atoms with Crippen molar-refractivity contribution < 1.29 is 0 Å². The van der Waals surface area contributed by atoms with Crippen LogP contribution < -0.4 is 0 Å². The molecule has 0 aromatic rings. The van der Waals surface area contributed by atoms with Gasteiger partial charge >= 0.3 is 30.8 Å². The van der Waals surface area contributed by atoms with E-state index in [-0.39, 0.29) is 46.2 Å². The maximum absolute atomic E-state index is 2.00. The summed E-state index contributed by atoms with van der Waals surface area (Å²) in [4.78, 5) is 0. The van der Waals surface area contributed by atoms with E-state index >= 15 is 0 Å². The van der Waals surface area contributed by atoms with Gasteiger partial charge in [0.1, 0.15) is 0 Å². The monoisotopic (exact) mass is 229 g/mol. The van der Waals surface area contributed by atoms with E-state index in [1.165, 1.54) is 0 Å². The zero-order chi connectivity index (χ0) is 2.00. The van der Waals surface area contributed by atoms with Crippen molar-refractivity contribution >= 4 is 76.9 Å². The van der Waals surface area contributed by atoms with E-state index in [1.54, 1.807) is 0 Å². The van der Waals surface area contributed by atoms with E-state index in [1.807, 2.05) is 30.8 Å². The fourth-order valence-electron chi connectivity index (χ4n) is 0. The molecule has 0 bridgehead atoms. The summed E-state index contributed by atoms with van der Waals surface area (Å²) in [5.74, 6) is 0. The molecule has 0 heterocycles. The summed E-state index contributed by atoms with van der Waals surface area (Å²) in [6.45, 7) is 0. The average molecular weight is 228 g/mol. The first-order valence-corrected chi connectivity index (χ1v) is 1.00. The molecule has 0 aliphatic rings.